The van der Waals surface area contributed by atoms with Crippen LogP contribution in [0.4, 0.5) is 9.80 Å². The van der Waals surface area contributed by atoms with Crippen molar-refractivity contribution in [2.45, 2.75) is 23.9 Å². The smallest absolute Gasteiger partial charge is 0.323 e. The summed E-state index contributed by atoms with van der Waals surface area (Å²) < 4.78 is 26.8. The monoisotopic (exact) mass is 573 g/mol. The maximum absolute atomic E-state index is 12.4. The van der Waals surface area contributed by atoms with E-state index in [9.17, 15) is 32.7 Å². The van der Waals surface area contributed by atoms with Gasteiger partial charge in [-0.1, -0.05) is 48.5 Å². The summed E-state index contributed by atoms with van der Waals surface area (Å²) in [6, 6.07) is 16.1. The number of amides is 4. The molecule has 1 atom stereocenters. The van der Waals surface area contributed by atoms with Crippen LogP contribution in [-0.4, -0.2) is 56.5 Å². The number of benzene rings is 2. The minimum absolute atomic E-state index is 0.0473. The second-order valence-corrected chi connectivity index (χ2v) is 10.8. The summed E-state index contributed by atoms with van der Waals surface area (Å²) in [5.74, 6) is -2.50. The molecular formula is C25H27N5O7S2. The first-order chi connectivity index (χ1) is 18.6. The minimum atomic E-state index is -4.10. The summed E-state index contributed by atoms with van der Waals surface area (Å²) >= 11 is 1.16. The maximum atomic E-state index is 12.4. The Hall–Kier alpha value is -4.27. The zero-order valence-corrected chi connectivity index (χ0v) is 22.2. The highest BCUT2D eigenvalue weighted by Gasteiger charge is 2.25. The van der Waals surface area contributed by atoms with Gasteiger partial charge >= 0.3 is 12.0 Å². The van der Waals surface area contributed by atoms with Crippen molar-refractivity contribution in [2.75, 3.05) is 18.4 Å². The molecule has 14 heteroatoms. The fraction of sp³-hybridized carbons (Fsp3) is 0.200. The second-order valence-electron chi connectivity index (χ2n) is 8.13. The summed E-state index contributed by atoms with van der Waals surface area (Å²) in [7, 11) is -4.10. The summed E-state index contributed by atoms with van der Waals surface area (Å²) in [6.45, 7) is -0.187. The quantitative estimate of drug-likeness (QED) is 0.180. The fourth-order valence-electron chi connectivity index (χ4n) is 3.19. The van der Waals surface area contributed by atoms with Crippen LogP contribution in [0.1, 0.15) is 22.3 Å². The van der Waals surface area contributed by atoms with Gasteiger partial charge in [-0.15, -0.1) is 11.3 Å². The van der Waals surface area contributed by atoms with E-state index in [1.165, 1.54) is 30.3 Å². The first-order valence-corrected chi connectivity index (χ1v) is 14.0. The standard InChI is InChI=1S/C25H27N5O7S2/c31-21(27-15-20(24(33)34)30-39(36,37)19-9-5-2-6-10-19)11-12-26-23(32)18-13-22(38-16-18)29-25(35)28-14-17-7-3-1-4-8-17/h1-10,13,16,20,30H,11-12,14-15H2,(H,26,32)(H,27,31)(H,33,34)(H2,28,29,35)/t20-/m0/s1. The number of rotatable bonds is 13. The van der Waals surface area contributed by atoms with Gasteiger partial charge in [0.1, 0.15) is 6.04 Å². The van der Waals surface area contributed by atoms with E-state index in [1.807, 2.05) is 35.1 Å². The van der Waals surface area contributed by atoms with Gasteiger partial charge < -0.3 is 21.1 Å². The van der Waals surface area contributed by atoms with E-state index in [0.29, 0.717) is 17.1 Å². The second kappa shape index (κ2) is 14.0. The Balaban J connectivity index is 1.39. The van der Waals surface area contributed by atoms with Crippen LogP contribution in [-0.2, 0) is 26.2 Å². The van der Waals surface area contributed by atoms with Crippen LogP contribution in [0.2, 0.25) is 0 Å². The predicted octanol–water partition coefficient (Wildman–Crippen LogP) is 1.74. The summed E-state index contributed by atoms with van der Waals surface area (Å²) in [5.41, 5.74) is 1.23. The highest BCUT2D eigenvalue weighted by atomic mass is 32.2. The molecule has 39 heavy (non-hydrogen) atoms. The number of carbonyl (C=O) groups is 4. The van der Waals surface area contributed by atoms with Crippen LogP contribution < -0.4 is 26.0 Å². The number of hydrogen-bond acceptors (Lipinski definition) is 7. The zero-order chi connectivity index (χ0) is 28.3. The Morgan fingerprint density at radius 3 is 2.23 bits per heavy atom. The van der Waals surface area contributed by atoms with Crippen LogP contribution in [0.25, 0.3) is 0 Å². The Morgan fingerprint density at radius 2 is 1.56 bits per heavy atom. The van der Waals surface area contributed by atoms with E-state index >= 15 is 0 Å². The van der Waals surface area contributed by atoms with Gasteiger partial charge in [0.25, 0.3) is 5.91 Å². The molecule has 3 rings (SSSR count). The fourth-order valence-corrected chi connectivity index (χ4v) is 5.17. The van der Waals surface area contributed by atoms with Crippen LogP contribution in [0.5, 0.6) is 0 Å². The van der Waals surface area contributed by atoms with Crippen LogP contribution >= 0.6 is 11.3 Å². The third kappa shape index (κ3) is 9.52. The number of hydrogen-bond donors (Lipinski definition) is 6. The predicted molar refractivity (Wildman–Crippen MR) is 145 cm³/mol. The van der Waals surface area contributed by atoms with Crippen molar-refractivity contribution in [3.05, 3.63) is 83.2 Å². The van der Waals surface area contributed by atoms with Crippen molar-refractivity contribution in [1.82, 2.24) is 20.7 Å². The molecule has 0 spiro atoms. The zero-order valence-electron chi connectivity index (χ0n) is 20.5. The Labute approximate surface area is 228 Å². The molecule has 206 valence electrons. The van der Waals surface area contributed by atoms with E-state index in [4.69, 9.17) is 0 Å². The topological polar surface area (TPSA) is 183 Å². The molecule has 3 aromatic rings. The molecule has 0 radical (unpaired) electrons. The first-order valence-electron chi connectivity index (χ1n) is 11.7. The number of anilines is 1. The third-order valence-corrected chi connectivity index (χ3v) is 7.52. The van der Waals surface area contributed by atoms with Crippen molar-refractivity contribution < 1.29 is 32.7 Å². The van der Waals surface area contributed by atoms with E-state index in [1.54, 1.807) is 11.4 Å². The molecule has 0 saturated carbocycles. The highest BCUT2D eigenvalue weighted by molar-refractivity contribution is 7.89. The molecule has 0 aliphatic carbocycles. The number of carboxylic acid groups (broad SMARTS) is 1. The largest absolute Gasteiger partial charge is 0.480 e. The molecule has 0 aliphatic rings. The molecular weight excluding hydrogens is 546 g/mol. The van der Waals surface area contributed by atoms with E-state index in [-0.39, 0.29) is 17.9 Å². The SMILES string of the molecule is O=C(CCNC(=O)c1csc(NC(=O)NCc2ccccc2)c1)NC[C@H](NS(=O)(=O)c1ccccc1)C(=O)O. The molecule has 0 aliphatic heterocycles. The molecule has 0 unspecified atom stereocenters. The summed E-state index contributed by atoms with van der Waals surface area (Å²) in [5, 5.41) is 21.6. The number of urea groups is 1. The molecule has 1 aromatic heterocycles. The van der Waals surface area contributed by atoms with Gasteiger partial charge in [-0.2, -0.15) is 4.72 Å². The average Bonchev–Trinajstić information content (AvgIpc) is 3.39. The number of aliphatic carboxylic acids is 1. The Bertz CT molecular complexity index is 1400. The normalized spacial score (nSPS) is 11.7. The lowest BCUT2D eigenvalue weighted by Crippen LogP contribution is -2.48. The Morgan fingerprint density at radius 1 is 0.897 bits per heavy atom. The van der Waals surface area contributed by atoms with Gasteiger partial charge in [-0.25, -0.2) is 13.2 Å². The van der Waals surface area contributed by atoms with Gasteiger partial charge in [0, 0.05) is 31.4 Å². The third-order valence-electron chi connectivity index (χ3n) is 5.18. The molecule has 0 saturated heterocycles. The van der Waals surface area contributed by atoms with Gasteiger partial charge in [0.2, 0.25) is 15.9 Å². The molecule has 0 bridgehead atoms. The van der Waals surface area contributed by atoms with Crippen molar-refractivity contribution in [1.29, 1.82) is 0 Å². The maximum Gasteiger partial charge on any atom is 0.323 e. The number of nitrogens with one attached hydrogen (secondary N) is 5. The molecule has 0 fully saturated rings. The molecule has 6 N–H and O–H groups in total. The molecule has 4 amide bonds. The van der Waals surface area contributed by atoms with Crippen LogP contribution in [0.15, 0.2) is 77.0 Å². The van der Waals surface area contributed by atoms with Gasteiger partial charge in [0.15, 0.2) is 0 Å². The van der Waals surface area contributed by atoms with Gasteiger partial charge in [-0.3, -0.25) is 19.7 Å². The molecule has 2 aromatic carbocycles. The van der Waals surface area contributed by atoms with Gasteiger partial charge in [-0.05, 0) is 23.8 Å². The lowest BCUT2D eigenvalue weighted by atomic mass is 10.2. The van der Waals surface area contributed by atoms with E-state index < -0.39 is 46.4 Å². The number of thiophene rings is 1. The van der Waals surface area contributed by atoms with Gasteiger partial charge in [0.05, 0.1) is 15.5 Å². The molecule has 1 heterocycles. The van der Waals surface area contributed by atoms with Crippen molar-refractivity contribution in [2.24, 2.45) is 0 Å². The summed E-state index contributed by atoms with van der Waals surface area (Å²) in [6.07, 6.45) is -0.166. The van der Waals surface area contributed by atoms with Crippen molar-refractivity contribution in [3.8, 4) is 0 Å². The first kappa shape index (κ1) is 29.3. The molecule has 12 nitrogen and oxygen atoms in total. The minimum Gasteiger partial charge on any atom is -0.480 e. The average molecular weight is 574 g/mol. The van der Waals surface area contributed by atoms with Crippen molar-refractivity contribution >= 4 is 50.2 Å². The highest BCUT2D eigenvalue weighted by Crippen LogP contribution is 2.20. The Kier molecular flexibility index (Phi) is 10.5. The number of sulfonamides is 1. The number of carboxylic acids is 1. The lowest BCUT2D eigenvalue weighted by Gasteiger charge is -2.15. The van der Waals surface area contributed by atoms with Crippen LogP contribution in [0.3, 0.4) is 0 Å². The summed E-state index contributed by atoms with van der Waals surface area (Å²) in [4.78, 5) is 47.9. The van der Waals surface area contributed by atoms with Crippen molar-refractivity contribution in [3.63, 3.8) is 0 Å². The lowest BCUT2D eigenvalue weighted by molar-refractivity contribution is -0.138. The number of carbonyl (C=O) groups excluding carboxylic acids is 3. The van der Waals surface area contributed by atoms with Crippen LogP contribution in [0, 0.1) is 0 Å². The van der Waals surface area contributed by atoms with E-state index in [0.717, 1.165) is 16.9 Å². The van der Waals surface area contributed by atoms with E-state index in [2.05, 4.69) is 21.3 Å².